The van der Waals surface area contributed by atoms with Crippen molar-refractivity contribution in [1.82, 2.24) is 20.8 Å². The number of rotatable bonds is 7. The molecule has 4 aliphatic carbocycles. The van der Waals surface area contributed by atoms with E-state index < -0.39 is 0 Å². The smallest absolute Gasteiger partial charge is 0.269 e. The number of carbonyl (C=O) groups excluding carboxylic acids is 2. The van der Waals surface area contributed by atoms with Crippen LogP contribution in [-0.4, -0.2) is 42.2 Å². The molecule has 7 nitrogen and oxygen atoms in total. The lowest BCUT2D eigenvalue weighted by Gasteiger charge is -2.61. The summed E-state index contributed by atoms with van der Waals surface area (Å²) in [5, 5.41) is 12.4. The Morgan fingerprint density at radius 3 is 2.42 bits per heavy atom. The Morgan fingerprint density at radius 2 is 1.77 bits per heavy atom. The van der Waals surface area contributed by atoms with Crippen LogP contribution in [0, 0.1) is 17.3 Å². The Bertz CT molecular complexity index is 940. The number of nitrogens with one attached hydrogen (secondary N) is 3. The maximum absolute atomic E-state index is 13.4. The van der Waals surface area contributed by atoms with Crippen LogP contribution < -0.4 is 15.4 Å². The number of methoxy groups -OCH3 is 1. The quantitative estimate of drug-likeness (QED) is 0.598. The second-order valence-corrected chi connectivity index (χ2v) is 9.73. The van der Waals surface area contributed by atoms with Crippen molar-refractivity contribution in [2.75, 3.05) is 20.2 Å². The third-order valence-corrected chi connectivity index (χ3v) is 7.69. The largest absolute Gasteiger partial charge is 0.497 e. The van der Waals surface area contributed by atoms with E-state index >= 15 is 0 Å². The van der Waals surface area contributed by atoms with Gasteiger partial charge >= 0.3 is 0 Å². The average Bonchev–Trinajstić information content (AvgIpc) is 3.31. The summed E-state index contributed by atoms with van der Waals surface area (Å²) < 4.78 is 5.34. The molecule has 4 bridgehead atoms. The number of ether oxygens (including phenoxy) is 1. The molecule has 1 aromatic heterocycles. The summed E-state index contributed by atoms with van der Waals surface area (Å²) in [7, 11) is 1.69. The van der Waals surface area contributed by atoms with Gasteiger partial charge in [-0.2, -0.15) is 5.10 Å². The molecule has 1 aromatic carbocycles. The summed E-state index contributed by atoms with van der Waals surface area (Å²) in [6.45, 7) is 0.835. The summed E-state index contributed by atoms with van der Waals surface area (Å²) in [4.78, 5) is 25.4. The molecule has 164 valence electrons. The zero-order valence-electron chi connectivity index (χ0n) is 17.9. The van der Waals surface area contributed by atoms with Gasteiger partial charge in [-0.3, -0.25) is 14.7 Å². The van der Waals surface area contributed by atoms with Gasteiger partial charge in [-0.05, 0) is 79.5 Å². The van der Waals surface area contributed by atoms with Crippen LogP contribution in [0.25, 0.3) is 0 Å². The molecule has 4 aliphatic rings. The molecule has 2 atom stereocenters. The Labute approximate surface area is 182 Å². The number of carbonyl (C=O) groups is 2. The molecule has 0 saturated heterocycles. The molecule has 2 aromatic rings. The third-order valence-electron chi connectivity index (χ3n) is 7.69. The molecular formula is C24H30N4O3. The Hall–Kier alpha value is -2.83. The first-order valence-electron chi connectivity index (χ1n) is 11.2. The number of H-pyrrole nitrogens is 1. The van der Waals surface area contributed by atoms with Crippen molar-refractivity contribution in [2.24, 2.45) is 17.3 Å². The summed E-state index contributed by atoms with van der Waals surface area (Å²) in [6.07, 6.45) is 8.08. The van der Waals surface area contributed by atoms with Crippen LogP contribution in [0.2, 0.25) is 0 Å². The number of hydrogen-bond acceptors (Lipinski definition) is 4. The van der Waals surface area contributed by atoms with Gasteiger partial charge in [0.2, 0.25) is 5.91 Å². The lowest BCUT2D eigenvalue weighted by Crippen LogP contribution is -2.59. The molecule has 6 rings (SSSR count). The fourth-order valence-corrected chi connectivity index (χ4v) is 6.83. The van der Waals surface area contributed by atoms with Gasteiger partial charge in [-0.1, -0.05) is 12.1 Å². The molecule has 0 radical (unpaired) electrons. The van der Waals surface area contributed by atoms with E-state index in [1.54, 1.807) is 19.4 Å². The fourth-order valence-electron chi connectivity index (χ4n) is 6.83. The number of aromatic amines is 1. The van der Waals surface area contributed by atoms with E-state index in [0.29, 0.717) is 30.6 Å². The zero-order valence-corrected chi connectivity index (χ0v) is 17.9. The minimum atomic E-state index is -0.280. The van der Waals surface area contributed by atoms with Crippen molar-refractivity contribution in [1.29, 1.82) is 0 Å². The van der Waals surface area contributed by atoms with Crippen molar-refractivity contribution in [2.45, 2.75) is 43.9 Å². The van der Waals surface area contributed by atoms with Crippen molar-refractivity contribution in [3.05, 3.63) is 47.8 Å². The second kappa shape index (κ2) is 7.70. The van der Waals surface area contributed by atoms with Crippen molar-refractivity contribution in [3.8, 4) is 5.75 Å². The van der Waals surface area contributed by atoms with Gasteiger partial charge in [-0.25, -0.2) is 0 Å². The van der Waals surface area contributed by atoms with Crippen LogP contribution in [0.1, 0.15) is 54.6 Å². The van der Waals surface area contributed by atoms with Crippen LogP contribution in [0.15, 0.2) is 36.5 Å². The molecule has 0 aliphatic heterocycles. The Balaban J connectivity index is 1.25. The molecule has 31 heavy (non-hydrogen) atoms. The van der Waals surface area contributed by atoms with Crippen LogP contribution in [-0.2, 0) is 10.2 Å². The van der Waals surface area contributed by atoms with Gasteiger partial charge in [0.1, 0.15) is 11.4 Å². The molecule has 4 saturated carbocycles. The fraction of sp³-hybridized carbons (Fsp3) is 0.542. The Morgan fingerprint density at radius 1 is 1.06 bits per heavy atom. The first kappa shape index (κ1) is 20.1. The molecule has 4 fully saturated rings. The summed E-state index contributed by atoms with van der Waals surface area (Å²) in [5.41, 5.74) is 1.60. The van der Waals surface area contributed by atoms with Crippen molar-refractivity contribution < 1.29 is 14.3 Å². The van der Waals surface area contributed by atoms with Crippen molar-refractivity contribution in [3.63, 3.8) is 0 Å². The SMILES string of the molecule is COc1ccc(C23CC4CC(CC(C(=O)NCCNC(=O)c5ccn[nH]5)(C4)C2)C3)cc1. The van der Waals surface area contributed by atoms with Crippen LogP contribution in [0.5, 0.6) is 5.75 Å². The van der Waals surface area contributed by atoms with Crippen LogP contribution >= 0.6 is 0 Å². The molecule has 3 N–H and O–H groups in total. The predicted molar refractivity (Wildman–Crippen MR) is 116 cm³/mol. The highest BCUT2D eigenvalue weighted by molar-refractivity contribution is 5.92. The molecule has 2 unspecified atom stereocenters. The molecule has 7 heteroatoms. The Kier molecular flexibility index (Phi) is 4.99. The maximum Gasteiger partial charge on any atom is 0.269 e. The van der Waals surface area contributed by atoms with Gasteiger partial charge < -0.3 is 15.4 Å². The second-order valence-electron chi connectivity index (χ2n) is 9.73. The average molecular weight is 423 g/mol. The minimum Gasteiger partial charge on any atom is -0.497 e. The highest BCUT2D eigenvalue weighted by Gasteiger charge is 2.60. The van der Waals surface area contributed by atoms with E-state index in [0.717, 1.165) is 25.0 Å². The van der Waals surface area contributed by atoms with E-state index in [1.807, 2.05) is 12.1 Å². The summed E-state index contributed by atoms with van der Waals surface area (Å²) >= 11 is 0. The van der Waals surface area contributed by atoms with E-state index in [1.165, 1.54) is 24.8 Å². The van der Waals surface area contributed by atoms with E-state index in [4.69, 9.17) is 4.74 Å². The zero-order chi connectivity index (χ0) is 21.5. The number of hydrogen-bond donors (Lipinski definition) is 3. The number of benzene rings is 1. The van der Waals surface area contributed by atoms with Gasteiger partial charge in [0, 0.05) is 19.3 Å². The topological polar surface area (TPSA) is 96.1 Å². The maximum atomic E-state index is 13.4. The normalized spacial score (nSPS) is 30.7. The summed E-state index contributed by atoms with van der Waals surface area (Å²) in [5.74, 6) is 2.07. The lowest BCUT2D eigenvalue weighted by molar-refractivity contribution is -0.149. The first-order valence-corrected chi connectivity index (χ1v) is 11.2. The van der Waals surface area contributed by atoms with Crippen LogP contribution in [0.4, 0.5) is 0 Å². The summed E-state index contributed by atoms with van der Waals surface area (Å²) in [6, 6.07) is 10.1. The number of amides is 2. The lowest BCUT2D eigenvalue weighted by atomic mass is 9.42. The number of nitrogens with zero attached hydrogens (tertiary/aromatic N) is 1. The minimum absolute atomic E-state index is 0.0997. The predicted octanol–water partition coefficient (Wildman–Crippen LogP) is 2.80. The number of aromatic nitrogens is 2. The van der Waals surface area contributed by atoms with E-state index in [9.17, 15) is 9.59 Å². The third kappa shape index (κ3) is 3.60. The highest BCUT2D eigenvalue weighted by atomic mass is 16.5. The monoisotopic (exact) mass is 422 g/mol. The van der Waals surface area contributed by atoms with E-state index in [-0.39, 0.29) is 22.6 Å². The molecule has 2 amide bonds. The van der Waals surface area contributed by atoms with Gasteiger partial charge in [0.25, 0.3) is 5.91 Å². The molecular weight excluding hydrogens is 392 g/mol. The van der Waals surface area contributed by atoms with Gasteiger partial charge in [0.05, 0.1) is 12.5 Å². The highest BCUT2D eigenvalue weighted by Crippen LogP contribution is 2.65. The van der Waals surface area contributed by atoms with Crippen LogP contribution in [0.3, 0.4) is 0 Å². The van der Waals surface area contributed by atoms with Gasteiger partial charge in [0.15, 0.2) is 0 Å². The van der Waals surface area contributed by atoms with Gasteiger partial charge in [-0.15, -0.1) is 0 Å². The first-order chi connectivity index (χ1) is 15.0. The standard InChI is InChI=1S/C24H30N4O3/c1-31-19-4-2-18(3-5-19)23-11-16-10-17(12-23)14-24(13-16,15-23)22(30)26-9-8-25-21(29)20-6-7-27-28-20/h2-7,16-17H,8-15H2,1H3,(H,25,29)(H,26,30)(H,27,28). The molecule has 0 spiro atoms. The van der Waals surface area contributed by atoms with Crippen molar-refractivity contribution >= 4 is 11.8 Å². The van der Waals surface area contributed by atoms with E-state index in [2.05, 4.69) is 33.0 Å². The molecule has 1 heterocycles.